The maximum Gasteiger partial charge on any atom is 0.0741 e. The standard InChI is InChI=1S/C14H26N2O2/c1-12-11-16(6-5-15-12)13-2-7-18-14(10-13)3-8-17-9-4-14/h12-13,15H,2-11H2,1H3/t12-,13?/m1/s1. The molecule has 4 nitrogen and oxygen atoms in total. The second-order valence-electron chi connectivity index (χ2n) is 6.14. The number of hydrogen-bond acceptors (Lipinski definition) is 4. The van der Waals surface area contributed by atoms with Crippen LogP contribution < -0.4 is 5.32 Å². The van der Waals surface area contributed by atoms with Gasteiger partial charge < -0.3 is 14.8 Å². The average molecular weight is 254 g/mol. The smallest absolute Gasteiger partial charge is 0.0741 e. The summed E-state index contributed by atoms with van der Waals surface area (Å²) in [6.07, 6.45) is 4.59. The lowest BCUT2D eigenvalue weighted by Crippen LogP contribution is -2.57. The van der Waals surface area contributed by atoms with Gasteiger partial charge in [-0.2, -0.15) is 0 Å². The number of hydrogen-bond donors (Lipinski definition) is 1. The second kappa shape index (κ2) is 5.45. The summed E-state index contributed by atoms with van der Waals surface area (Å²) in [7, 11) is 0. The van der Waals surface area contributed by atoms with Crippen LogP contribution in [0.25, 0.3) is 0 Å². The fraction of sp³-hybridized carbons (Fsp3) is 1.00. The summed E-state index contributed by atoms with van der Waals surface area (Å²) in [5.74, 6) is 0. The fourth-order valence-electron chi connectivity index (χ4n) is 3.70. The van der Waals surface area contributed by atoms with Crippen molar-refractivity contribution in [3.05, 3.63) is 0 Å². The van der Waals surface area contributed by atoms with E-state index in [0.29, 0.717) is 6.04 Å². The lowest BCUT2D eigenvalue weighted by molar-refractivity contribution is -0.152. The van der Waals surface area contributed by atoms with Crippen LogP contribution in [-0.4, -0.2) is 62.0 Å². The highest BCUT2D eigenvalue weighted by Crippen LogP contribution is 2.36. The lowest BCUT2D eigenvalue weighted by Gasteiger charge is -2.48. The van der Waals surface area contributed by atoms with E-state index in [2.05, 4.69) is 17.1 Å². The minimum Gasteiger partial charge on any atom is -0.381 e. The van der Waals surface area contributed by atoms with E-state index >= 15 is 0 Å². The molecule has 4 heteroatoms. The summed E-state index contributed by atoms with van der Waals surface area (Å²) in [6.45, 7) is 8.50. The Kier molecular flexibility index (Phi) is 3.89. The van der Waals surface area contributed by atoms with E-state index in [4.69, 9.17) is 9.47 Å². The van der Waals surface area contributed by atoms with Gasteiger partial charge in [0.1, 0.15) is 0 Å². The van der Waals surface area contributed by atoms with Gasteiger partial charge in [0, 0.05) is 51.5 Å². The molecule has 0 aromatic rings. The first-order valence-electron chi connectivity index (χ1n) is 7.47. The molecule has 0 aliphatic carbocycles. The van der Waals surface area contributed by atoms with Crippen molar-refractivity contribution in [1.82, 2.24) is 10.2 Å². The molecule has 0 amide bonds. The van der Waals surface area contributed by atoms with Gasteiger partial charge >= 0.3 is 0 Å². The molecule has 3 aliphatic heterocycles. The van der Waals surface area contributed by atoms with Crippen molar-refractivity contribution < 1.29 is 9.47 Å². The van der Waals surface area contributed by atoms with Crippen LogP contribution in [0, 0.1) is 0 Å². The number of rotatable bonds is 1. The van der Waals surface area contributed by atoms with Crippen molar-refractivity contribution in [2.75, 3.05) is 39.5 Å². The van der Waals surface area contributed by atoms with Crippen molar-refractivity contribution in [3.8, 4) is 0 Å². The average Bonchev–Trinajstić information content (AvgIpc) is 2.40. The minimum atomic E-state index is 0.134. The first kappa shape index (κ1) is 12.9. The summed E-state index contributed by atoms with van der Waals surface area (Å²) in [5.41, 5.74) is 0.134. The molecular weight excluding hydrogens is 228 g/mol. The number of piperazine rings is 1. The van der Waals surface area contributed by atoms with Gasteiger partial charge in [-0.25, -0.2) is 0 Å². The molecule has 1 unspecified atom stereocenters. The van der Waals surface area contributed by atoms with E-state index in [9.17, 15) is 0 Å². The summed E-state index contributed by atoms with van der Waals surface area (Å²) in [6, 6.07) is 1.36. The Balaban J connectivity index is 1.62. The summed E-state index contributed by atoms with van der Waals surface area (Å²) < 4.78 is 11.6. The maximum atomic E-state index is 6.13. The molecule has 3 fully saturated rings. The number of nitrogens with zero attached hydrogens (tertiary/aromatic N) is 1. The highest BCUT2D eigenvalue weighted by molar-refractivity contribution is 4.94. The molecule has 104 valence electrons. The van der Waals surface area contributed by atoms with Crippen LogP contribution in [0.5, 0.6) is 0 Å². The Morgan fingerprint density at radius 1 is 1.22 bits per heavy atom. The molecule has 3 heterocycles. The van der Waals surface area contributed by atoms with Gasteiger partial charge in [0.25, 0.3) is 0 Å². The maximum absolute atomic E-state index is 6.13. The molecule has 3 aliphatic rings. The van der Waals surface area contributed by atoms with Gasteiger partial charge in [-0.1, -0.05) is 0 Å². The van der Waals surface area contributed by atoms with Crippen LogP contribution in [-0.2, 0) is 9.47 Å². The molecule has 2 atom stereocenters. The van der Waals surface area contributed by atoms with Crippen molar-refractivity contribution in [2.45, 2.75) is 50.3 Å². The van der Waals surface area contributed by atoms with Crippen LogP contribution in [0.15, 0.2) is 0 Å². The third-order valence-electron chi connectivity index (χ3n) is 4.79. The molecule has 0 saturated carbocycles. The van der Waals surface area contributed by atoms with Crippen LogP contribution >= 0.6 is 0 Å². The van der Waals surface area contributed by atoms with Crippen molar-refractivity contribution in [1.29, 1.82) is 0 Å². The lowest BCUT2D eigenvalue weighted by atomic mass is 9.83. The molecule has 0 bridgehead atoms. The van der Waals surface area contributed by atoms with Crippen molar-refractivity contribution >= 4 is 0 Å². The Bertz CT molecular complexity index is 273. The molecular formula is C14H26N2O2. The van der Waals surface area contributed by atoms with Crippen molar-refractivity contribution in [3.63, 3.8) is 0 Å². The van der Waals surface area contributed by atoms with Crippen LogP contribution in [0.3, 0.4) is 0 Å². The highest BCUT2D eigenvalue weighted by atomic mass is 16.5. The Morgan fingerprint density at radius 2 is 2.06 bits per heavy atom. The largest absolute Gasteiger partial charge is 0.381 e. The molecule has 1 N–H and O–H groups in total. The van der Waals surface area contributed by atoms with Crippen molar-refractivity contribution in [2.24, 2.45) is 0 Å². The first-order chi connectivity index (χ1) is 8.77. The number of nitrogens with one attached hydrogen (secondary N) is 1. The normalized spacial score (nSPS) is 37.8. The minimum absolute atomic E-state index is 0.134. The van der Waals surface area contributed by atoms with E-state index in [1.54, 1.807) is 0 Å². The molecule has 0 radical (unpaired) electrons. The third-order valence-corrected chi connectivity index (χ3v) is 4.79. The van der Waals surface area contributed by atoms with E-state index in [0.717, 1.165) is 45.2 Å². The summed E-state index contributed by atoms with van der Waals surface area (Å²) in [5, 5.41) is 3.53. The zero-order valence-corrected chi connectivity index (χ0v) is 11.5. The SMILES string of the molecule is C[C@@H]1CN(C2CCOC3(CCOCC3)C2)CCN1. The Labute approximate surface area is 110 Å². The Hall–Kier alpha value is -0.160. The fourth-order valence-corrected chi connectivity index (χ4v) is 3.70. The van der Waals surface area contributed by atoms with Gasteiger partial charge in [-0.15, -0.1) is 0 Å². The summed E-state index contributed by atoms with van der Waals surface area (Å²) >= 11 is 0. The van der Waals surface area contributed by atoms with Gasteiger partial charge in [0.05, 0.1) is 5.60 Å². The van der Waals surface area contributed by atoms with Crippen LogP contribution in [0.2, 0.25) is 0 Å². The topological polar surface area (TPSA) is 33.7 Å². The quantitative estimate of drug-likeness (QED) is 0.757. The molecule has 18 heavy (non-hydrogen) atoms. The Morgan fingerprint density at radius 3 is 2.83 bits per heavy atom. The highest BCUT2D eigenvalue weighted by Gasteiger charge is 2.41. The zero-order valence-electron chi connectivity index (χ0n) is 11.5. The molecule has 0 aromatic carbocycles. The predicted octanol–water partition coefficient (Wildman–Crippen LogP) is 1.01. The van der Waals surface area contributed by atoms with Crippen LogP contribution in [0.1, 0.15) is 32.6 Å². The molecule has 0 aromatic heterocycles. The monoisotopic (exact) mass is 254 g/mol. The molecule has 1 spiro atoms. The van der Waals surface area contributed by atoms with Gasteiger partial charge in [0.2, 0.25) is 0 Å². The molecule has 3 saturated heterocycles. The number of ether oxygens (including phenoxy) is 2. The first-order valence-corrected chi connectivity index (χ1v) is 7.47. The predicted molar refractivity (Wildman–Crippen MR) is 70.8 cm³/mol. The van der Waals surface area contributed by atoms with E-state index in [1.807, 2.05) is 0 Å². The van der Waals surface area contributed by atoms with E-state index < -0.39 is 0 Å². The molecule has 3 rings (SSSR count). The summed E-state index contributed by atoms with van der Waals surface area (Å²) in [4.78, 5) is 2.68. The van der Waals surface area contributed by atoms with Gasteiger partial charge in [-0.3, -0.25) is 4.90 Å². The van der Waals surface area contributed by atoms with Crippen LogP contribution in [0.4, 0.5) is 0 Å². The second-order valence-corrected chi connectivity index (χ2v) is 6.14. The van der Waals surface area contributed by atoms with E-state index in [-0.39, 0.29) is 5.60 Å². The van der Waals surface area contributed by atoms with E-state index in [1.165, 1.54) is 25.9 Å². The zero-order chi connectivity index (χ0) is 12.4. The van der Waals surface area contributed by atoms with Gasteiger partial charge in [0.15, 0.2) is 0 Å². The van der Waals surface area contributed by atoms with Gasteiger partial charge in [-0.05, 0) is 32.6 Å². The third kappa shape index (κ3) is 2.72.